The Morgan fingerprint density at radius 1 is 1.50 bits per heavy atom. The van der Waals surface area contributed by atoms with Crippen LogP contribution in [0.5, 0.6) is 0 Å². The van der Waals surface area contributed by atoms with Gasteiger partial charge in [-0.3, -0.25) is 0 Å². The van der Waals surface area contributed by atoms with Crippen molar-refractivity contribution >= 4 is 11.6 Å². The van der Waals surface area contributed by atoms with E-state index in [0.717, 1.165) is 0 Å². The van der Waals surface area contributed by atoms with Crippen LogP contribution in [0.1, 0.15) is 5.69 Å². The SMILES string of the molecule is Cn1c(-c2cccc(F)c2)nc(Cl)c1C#N. The van der Waals surface area contributed by atoms with E-state index in [9.17, 15) is 4.39 Å². The van der Waals surface area contributed by atoms with Gasteiger partial charge in [0.1, 0.15) is 17.7 Å². The maximum Gasteiger partial charge on any atom is 0.166 e. The van der Waals surface area contributed by atoms with Crippen LogP contribution in [0.15, 0.2) is 24.3 Å². The quantitative estimate of drug-likeness (QED) is 0.763. The predicted octanol–water partition coefficient (Wildman–Crippen LogP) is 2.75. The molecule has 0 amide bonds. The summed E-state index contributed by atoms with van der Waals surface area (Å²) in [6.45, 7) is 0. The molecule has 1 heterocycles. The summed E-state index contributed by atoms with van der Waals surface area (Å²) < 4.78 is 14.6. The van der Waals surface area contributed by atoms with E-state index in [1.54, 1.807) is 19.2 Å². The smallest absolute Gasteiger partial charge is 0.166 e. The van der Waals surface area contributed by atoms with Crippen molar-refractivity contribution in [3.05, 3.63) is 40.9 Å². The zero-order chi connectivity index (χ0) is 11.7. The summed E-state index contributed by atoms with van der Waals surface area (Å²) in [5, 5.41) is 8.97. The Morgan fingerprint density at radius 3 is 2.81 bits per heavy atom. The molecule has 2 rings (SSSR count). The lowest BCUT2D eigenvalue weighted by Gasteiger charge is -2.01. The van der Waals surface area contributed by atoms with E-state index in [-0.39, 0.29) is 16.7 Å². The standard InChI is InChI=1S/C11H7ClFN3/c1-16-9(6-14)10(12)15-11(16)7-3-2-4-8(13)5-7/h2-5H,1H3. The number of hydrogen-bond donors (Lipinski definition) is 0. The summed E-state index contributed by atoms with van der Waals surface area (Å²) in [6.07, 6.45) is 0. The molecule has 2 aromatic rings. The Morgan fingerprint density at radius 2 is 2.25 bits per heavy atom. The molecule has 0 saturated carbocycles. The monoisotopic (exact) mass is 235 g/mol. The number of rotatable bonds is 1. The lowest BCUT2D eigenvalue weighted by molar-refractivity contribution is 0.628. The third-order valence-corrected chi connectivity index (χ3v) is 2.50. The predicted molar refractivity (Wildman–Crippen MR) is 58.3 cm³/mol. The second-order valence-electron chi connectivity index (χ2n) is 3.26. The zero-order valence-corrected chi connectivity index (χ0v) is 9.16. The molecule has 0 bridgehead atoms. The minimum atomic E-state index is -0.352. The number of nitriles is 1. The first-order chi connectivity index (χ1) is 7.63. The molecule has 0 aliphatic heterocycles. The Bertz CT molecular complexity index is 583. The Labute approximate surface area is 96.7 Å². The first-order valence-electron chi connectivity index (χ1n) is 4.51. The van der Waals surface area contributed by atoms with Gasteiger partial charge in [-0.2, -0.15) is 5.26 Å². The normalized spacial score (nSPS) is 10.1. The first kappa shape index (κ1) is 10.7. The summed E-state index contributed by atoms with van der Waals surface area (Å²) in [7, 11) is 1.66. The van der Waals surface area contributed by atoms with Gasteiger partial charge in [-0.15, -0.1) is 0 Å². The van der Waals surface area contributed by atoms with Crippen molar-refractivity contribution in [1.82, 2.24) is 9.55 Å². The maximum atomic E-state index is 13.0. The van der Waals surface area contributed by atoms with E-state index in [0.29, 0.717) is 11.4 Å². The fourth-order valence-electron chi connectivity index (χ4n) is 1.47. The van der Waals surface area contributed by atoms with Crippen molar-refractivity contribution in [3.8, 4) is 17.5 Å². The molecule has 0 saturated heterocycles. The van der Waals surface area contributed by atoms with Crippen molar-refractivity contribution in [2.75, 3.05) is 0 Å². The molecule has 1 aromatic carbocycles. The molecule has 16 heavy (non-hydrogen) atoms. The van der Waals surface area contributed by atoms with E-state index < -0.39 is 0 Å². The summed E-state index contributed by atoms with van der Waals surface area (Å²) in [4.78, 5) is 4.03. The number of imidazole rings is 1. The summed E-state index contributed by atoms with van der Waals surface area (Å²) in [6, 6.07) is 7.93. The molecule has 0 fully saturated rings. The number of aromatic nitrogens is 2. The third kappa shape index (κ3) is 1.66. The highest BCUT2D eigenvalue weighted by molar-refractivity contribution is 6.30. The molecule has 3 nitrogen and oxygen atoms in total. The molecule has 0 radical (unpaired) electrons. The number of nitrogens with zero attached hydrogens (tertiary/aromatic N) is 3. The number of halogens is 2. The molecule has 0 aliphatic carbocycles. The fraction of sp³-hybridized carbons (Fsp3) is 0.0909. The van der Waals surface area contributed by atoms with Gasteiger partial charge < -0.3 is 4.57 Å². The second-order valence-corrected chi connectivity index (χ2v) is 3.61. The van der Waals surface area contributed by atoms with Crippen LogP contribution in [0.4, 0.5) is 4.39 Å². The van der Waals surface area contributed by atoms with Crippen LogP contribution in [0.2, 0.25) is 5.15 Å². The average molecular weight is 236 g/mol. The van der Waals surface area contributed by atoms with Crippen LogP contribution in [-0.2, 0) is 7.05 Å². The Kier molecular flexibility index (Phi) is 2.63. The molecule has 0 unspecified atom stereocenters. The van der Waals surface area contributed by atoms with Gasteiger partial charge in [0.25, 0.3) is 0 Å². The van der Waals surface area contributed by atoms with Gasteiger partial charge in [-0.05, 0) is 12.1 Å². The van der Waals surface area contributed by atoms with Crippen molar-refractivity contribution in [2.24, 2.45) is 7.05 Å². The Balaban J connectivity index is 2.62. The van der Waals surface area contributed by atoms with Gasteiger partial charge in [0, 0.05) is 12.6 Å². The topological polar surface area (TPSA) is 41.6 Å². The Hall–Kier alpha value is -1.86. The minimum absolute atomic E-state index is 0.129. The van der Waals surface area contributed by atoms with Crippen molar-refractivity contribution in [2.45, 2.75) is 0 Å². The highest BCUT2D eigenvalue weighted by atomic mass is 35.5. The van der Waals surface area contributed by atoms with Crippen LogP contribution < -0.4 is 0 Å². The van der Waals surface area contributed by atoms with Crippen LogP contribution in [-0.4, -0.2) is 9.55 Å². The van der Waals surface area contributed by atoms with Crippen LogP contribution >= 0.6 is 11.6 Å². The van der Waals surface area contributed by atoms with E-state index in [1.807, 2.05) is 6.07 Å². The van der Waals surface area contributed by atoms with Gasteiger partial charge in [-0.25, -0.2) is 9.37 Å². The molecular weight excluding hydrogens is 229 g/mol. The second kappa shape index (κ2) is 3.95. The molecule has 5 heteroatoms. The van der Waals surface area contributed by atoms with Crippen LogP contribution in [0, 0.1) is 17.1 Å². The highest BCUT2D eigenvalue weighted by Crippen LogP contribution is 2.24. The lowest BCUT2D eigenvalue weighted by atomic mass is 10.2. The average Bonchev–Trinajstić information content (AvgIpc) is 2.54. The molecule has 1 aromatic heterocycles. The number of hydrogen-bond acceptors (Lipinski definition) is 2. The van der Waals surface area contributed by atoms with Gasteiger partial charge in [-0.1, -0.05) is 23.7 Å². The summed E-state index contributed by atoms with van der Waals surface area (Å²) in [5.74, 6) is 0.121. The highest BCUT2D eigenvalue weighted by Gasteiger charge is 2.14. The number of benzene rings is 1. The lowest BCUT2D eigenvalue weighted by Crippen LogP contribution is -1.95. The third-order valence-electron chi connectivity index (χ3n) is 2.24. The summed E-state index contributed by atoms with van der Waals surface area (Å²) in [5.41, 5.74) is 0.854. The van der Waals surface area contributed by atoms with E-state index in [2.05, 4.69) is 4.98 Å². The van der Waals surface area contributed by atoms with Gasteiger partial charge in [0.15, 0.2) is 10.8 Å². The van der Waals surface area contributed by atoms with E-state index in [1.165, 1.54) is 16.7 Å². The van der Waals surface area contributed by atoms with Crippen LogP contribution in [0.3, 0.4) is 0 Å². The largest absolute Gasteiger partial charge is 0.318 e. The van der Waals surface area contributed by atoms with Crippen molar-refractivity contribution in [3.63, 3.8) is 0 Å². The van der Waals surface area contributed by atoms with E-state index >= 15 is 0 Å². The zero-order valence-electron chi connectivity index (χ0n) is 8.41. The first-order valence-corrected chi connectivity index (χ1v) is 4.89. The summed E-state index contributed by atoms with van der Waals surface area (Å²) >= 11 is 5.79. The molecule has 0 atom stereocenters. The van der Waals surface area contributed by atoms with Gasteiger partial charge >= 0.3 is 0 Å². The molecular formula is C11H7ClFN3. The maximum absolute atomic E-state index is 13.0. The van der Waals surface area contributed by atoms with Crippen molar-refractivity contribution in [1.29, 1.82) is 5.26 Å². The molecule has 0 N–H and O–H groups in total. The minimum Gasteiger partial charge on any atom is -0.318 e. The van der Waals surface area contributed by atoms with Gasteiger partial charge in [0.05, 0.1) is 0 Å². The van der Waals surface area contributed by atoms with Crippen LogP contribution in [0.25, 0.3) is 11.4 Å². The molecule has 0 aliphatic rings. The molecule has 0 spiro atoms. The van der Waals surface area contributed by atoms with Gasteiger partial charge in [0.2, 0.25) is 0 Å². The molecule has 80 valence electrons. The fourth-order valence-corrected chi connectivity index (χ4v) is 1.72. The van der Waals surface area contributed by atoms with E-state index in [4.69, 9.17) is 16.9 Å². The van der Waals surface area contributed by atoms with Crippen molar-refractivity contribution < 1.29 is 4.39 Å².